The molecule has 34 heavy (non-hydrogen) atoms. The van der Waals surface area contributed by atoms with Gasteiger partial charge in [-0.2, -0.15) is 0 Å². The van der Waals surface area contributed by atoms with Crippen LogP contribution in [0.25, 0.3) is 16.7 Å². The van der Waals surface area contributed by atoms with E-state index in [-0.39, 0.29) is 42.1 Å². The number of hydrogen-bond donors (Lipinski definition) is 2. The predicted octanol–water partition coefficient (Wildman–Crippen LogP) is 2.35. The fraction of sp³-hybridized carbons (Fsp3) is 0.348. The number of carbonyl (C=O) groups excluding carboxylic acids is 2. The van der Waals surface area contributed by atoms with Crippen LogP contribution >= 0.6 is 11.8 Å². The highest BCUT2D eigenvalue weighted by Gasteiger charge is 2.18. The van der Waals surface area contributed by atoms with Crippen molar-refractivity contribution >= 4 is 40.3 Å². The van der Waals surface area contributed by atoms with Crippen molar-refractivity contribution in [1.82, 2.24) is 29.8 Å². The molecule has 0 radical (unpaired) electrons. The van der Waals surface area contributed by atoms with Crippen molar-refractivity contribution in [2.75, 3.05) is 5.75 Å². The maximum Gasteiger partial charge on any atom is 0.262 e. The van der Waals surface area contributed by atoms with E-state index in [0.29, 0.717) is 34.1 Å². The highest BCUT2D eigenvalue weighted by Crippen LogP contribution is 2.21. The average Bonchev–Trinajstić information content (AvgIpc) is 3.51. The van der Waals surface area contributed by atoms with Crippen LogP contribution in [0.4, 0.5) is 0 Å². The molecule has 0 unspecified atom stereocenters. The Hall–Kier alpha value is -3.60. The Labute approximate surface area is 199 Å². The molecule has 0 fully saturated rings. The first-order valence-electron chi connectivity index (χ1n) is 11.1. The standard InChI is InChI=1S/C23H26N6O4S/c1-3-15(2)25-19(30)10-11-28-21(32)17-8-4-5-9-18(17)29-22(28)26-27-23(29)34-14-20(31)24-13-16-7-6-12-33-16/h4-9,12,15H,3,10-11,13-14H2,1-2H3,(H,24,31)(H,25,30)/t15-/m0/s1. The monoisotopic (exact) mass is 482 g/mol. The third-order valence-electron chi connectivity index (χ3n) is 5.43. The molecule has 1 atom stereocenters. The van der Waals surface area contributed by atoms with Gasteiger partial charge < -0.3 is 15.1 Å². The molecule has 11 heteroatoms. The van der Waals surface area contributed by atoms with Gasteiger partial charge >= 0.3 is 0 Å². The highest BCUT2D eigenvalue weighted by atomic mass is 32.2. The van der Waals surface area contributed by atoms with E-state index in [0.717, 1.165) is 6.42 Å². The van der Waals surface area contributed by atoms with E-state index in [9.17, 15) is 14.4 Å². The van der Waals surface area contributed by atoms with Gasteiger partial charge in [-0.15, -0.1) is 10.2 Å². The second-order valence-corrected chi connectivity index (χ2v) is 8.81. The average molecular weight is 483 g/mol. The Morgan fingerprint density at radius 1 is 1.15 bits per heavy atom. The van der Waals surface area contributed by atoms with Crippen LogP contribution < -0.4 is 16.2 Å². The molecule has 4 rings (SSSR count). The van der Waals surface area contributed by atoms with Crippen LogP contribution in [-0.2, 0) is 22.7 Å². The van der Waals surface area contributed by atoms with E-state index < -0.39 is 0 Å². The van der Waals surface area contributed by atoms with Crippen molar-refractivity contribution in [1.29, 1.82) is 0 Å². The van der Waals surface area contributed by atoms with Gasteiger partial charge in [-0.25, -0.2) is 0 Å². The molecule has 3 heterocycles. The number of benzene rings is 1. The van der Waals surface area contributed by atoms with E-state index in [2.05, 4.69) is 20.8 Å². The summed E-state index contributed by atoms with van der Waals surface area (Å²) in [5.74, 6) is 0.802. The van der Waals surface area contributed by atoms with Crippen LogP contribution in [0.2, 0.25) is 0 Å². The number of fused-ring (bicyclic) bond motifs is 3. The lowest BCUT2D eigenvalue weighted by molar-refractivity contribution is -0.122. The third-order valence-corrected chi connectivity index (χ3v) is 6.36. The van der Waals surface area contributed by atoms with Gasteiger partial charge in [0, 0.05) is 19.0 Å². The number of aryl methyl sites for hydroxylation is 1. The largest absolute Gasteiger partial charge is 0.467 e. The molecule has 0 spiro atoms. The van der Waals surface area contributed by atoms with Crippen molar-refractivity contribution in [2.45, 2.75) is 51.0 Å². The summed E-state index contributed by atoms with van der Waals surface area (Å²) in [5, 5.41) is 15.1. The molecule has 1 aromatic carbocycles. The normalized spacial score (nSPS) is 12.2. The number of hydrogen-bond acceptors (Lipinski definition) is 7. The Balaban J connectivity index is 1.57. The van der Waals surface area contributed by atoms with Gasteiger partial charge in [0.15, 0.2) is 5.16 Å². The zero-order chi connectivity index (χ0) is 24.1. The summed E-state index contributed by atoms with van der Waals surface area (Å²) in [6.07, 6.45) is 2.52. The number of nitrogens with one attached hydrogen (secondary N) is 2. The summed E-state index contributed by atoms with van der Waals surface area (Å²) < 4.78 is 8.45. The highest BCUT2D eigenvalue weighted by molar-refractivity contribution is 7.99. The molecule has 10 nitrogen and oxygen atoms in total. The molecule has 0 saturated carbocycles. The lowest BCUT2D eigenvalue weighted by Crippen LogP contribution is -2.33. The summed E-state index contributed by atoms with van der Waals surface area (Å²) in [4.78, 5) is 37.8. The molecule has 0 aliphatic rings. The Morgan fingerprint density at radius 2 is 1.97 bits per heavy atom. The number of amides is 2. The molecule has 3 aromatic heterocycles. The molecule has 2 amide bonds. The Kier molecular flexibility index (Phi) is 7.31. The van der Waals surface area contributed by atoms with Crippen LogP contribution in [-0.4, -0.2) is 42.8 Å². The molecule has 0 bridgehead atoms. The topological polar surface area (TPSA) is 124 Å². The fourth-order valence-corrected chi connectivity index (χ4v) is 4.24. The first kappa shape index (κ1) is 23.6. The number of rotatable bonds is 10. The maximum absolute atomic E-state index is 13.2. The minimum Gasteiger partial charge on any atom is -0.467 e. The molecule has 0 aliphatic heterocycles. The van der Waals surface area contributed by atoms with Crippen LogP contribution in [0.15, 0.2) is 57.0 Å². The first-order valence-corrected chi connectivity index (χ1v) is 12.0. The molecule has 4 aromatic rings. The summed E-state index contributed by atoms with van der Waals surface area (Å²) >= 11 is 1.22. The summed E-state index contributed by atoms with van der Waals surface area (Å²) in [7, 11) is 0. The van der Waals surface area contributed by atoms with Gasteiger partial charge in [-0.3, -0.25) is 23.4 Å². The lowest BCUT2D eigenvalue weighted by Gasteiger charge is -2.13. The SMILES string of the molecule is CC[C@H](C)NC(=O)CCn1c(=O)c2ccccc2n2c(SCC(=O)NCc3ccco3)nnc12. The molecule has 178 valence electrons. The number of para-hydroxylation sites is 1. The van der Waals surface area contributed by atoms with Gasteiger partial charge in [-0.1, -0.05) is 30.8 Å². The third kappa shape index (κ3) is 5.14. The Bertz CT molecular complexity index is 1360. The van der Waals surface area contributed by atoms with Crippen LogP contribution in [0.1, 0.15) is 32.4 Å². The quantitative estimate of drug-likeness (QED) is 0.333. The maximum atomic E-state index is 13.2. The first-order chi connectivity index (χ1) is 16.5. The van der Waals surface area contributed by atoms with E-state index in [1.165, 1.54) is 16.3 Å². The predicted molar refractivity (Wildman–Crippen MR) is 129 cm³/mol. The lowest BCUT2D eigenvalue weighted by atomic mass is 10.2. The number of carbonyl (C=O) groups is 2. The number of aromatic nitrogens is 4. The van der Waals surface area contributed by atoms with E-state index in [1.54, 1.807) is 34.9 Å². The van der Waals surface area contributed by atoms with Crippen molar-refractivity contribution in [3.05, 3.63) is 58.8 Å². The minimum atomic E-state index is -0.236. The zero-order valence-corrected chi connectivity index (χ0v) is 19.8. The number of furan rings is 1. The van der Waals surface area contributed by atoms with Crippen molar-refractivity contribution in [2.24, 2.45) is 0 Å². The number of thioether (sulfide) groups is 1. The smallest absolute Gasteiger partial charge is 0.262 e. The zero-order valence-electron chi connectivity index (χ0n) is 19.0. The van der Waals surface area contributed by atoms with Gasteiger partial charge in [0.1, 0.15) is 5.76 Å². The Morgan fingerprint density at radius 3 is 2.74 bits per heavy atom. The van der Waals surface area contributed by atoms with Gasteiger partial charge in [0.2, 0.25) is 17.6 Å². The van der Waals surface area contributed by atoms with Gasteiger partial charge in [0.05, 0.1) is 29.5 Å². The molecular formula is C23H26N6O4S. The molecule has 0 aliphatic carbocycles. The van der Waals surface area contributed by atoms with Crippen LogP contribution in [0.3, 0.4) is 0 Å². The van der Waals surface area contributed by atoms with Crippen LogP contribution in [0.5, 0.6) is 0 Å². The van der Waals surface area contributed by atoms with Crippen LogP contribution in [0, 0.1) is 0 Å². The van der Waals surface area contributed by atoms with E-state index >= 15 is 0 Å². The van der Waals surface area contributed by atoms with Gasteiger partial charge in [0.25, 0.3) is 5.56 Å². The fourth-order valence-electron chi connectivity index (χ4n) is 3.47. The van der Waals surface area contributed by atoms with E-state index in [1.807, 2.05) is 26.0 Å². The summed E-state index contributed by atoms with van der Waals surface area (Å²) in [6.45, 7) is 4.40. The van der Waals surface area contributed by atoms with Crippen molar-refractivity contribution in [3.8, 4) is 0 Å². The molecule has 2 N–H and O–H groups in total. The van der Waals surface area contributed by atoms with Crippen molar-refractivity contribution in [3.63, 3.8) is 0 Å². The molecule has 0 saturated heterocycles. The van der Waals surface area contributed by atoms with E-state index in [4.69, 9.17) is 4.42 Å². The summed E-state index contributed by atoms with van der Waals surface area (Å²) in [5.41, 5.74) is 0.408. The summed E-state index contributed by atoms with van der Waals surface area (Å²) in [6, 6.07) is 10.8. The molecular weight excluding hydrogens is 456 g/mol. The minimum absolute atomic E-state index is 0.0656. The van der Waals surface area contributed by atoms with Crippen molar-refractivity contribution < 1.29 is 14.0 Å². The second-order valence-electron chi connectivity index (χ2n) is 7.86. The van der Waals surface area contributed by atoms with Gasteiger partial charge in [-0.05, 0) is 37.6 Å². The number of nitrogens with zero attached hydrogens (tertiary/aromatic N) is 4. The second kappa shape index (κ2) is 10.6.